The van der Waals surface area contributed by atoms with Crippen LogP contribution in [-0.4, -0.2) is 0 Å². The number of hydrogen-bond acceptors (Lipinski definition) is 2. The predicted octanol–water partition coefficient (Wildman–Crippen LogP) is 4.41. The minimum absolute atomic E-state index is 0.219. The first-order chi connectivity index (χ1) is 9.54. The molecule has 1 atom stereocenters. The van der Waals surface area contributed by atoms with Gasteiger partial charge in [-0.3, -0.25) is 0 Å². The lowest BCUT2D eigenvalue weighted by atomic mass is 9.98. The molecule has 0 fully saturated rings. The second kappa shape index (κ2) is 4.80. The smallest absolute Gasteiger partial charge is 0.134 e. The van der Waals surface area contributed by atoms with E-state index in [4.69, 9.17) is 10.2 Å². The second-order valence-corrected chi connectivity index (χ2v) is 5.53. The van der Waals surface area contributed by atoms with Gasteiger partial charge < -0.3 is 10.2 Å². The molecule has 0 saturated carbocycles. The molecule has 0 aliphatic rings. The number of fused-ring (bicyclic) bond motifs is 1. The Bertz CT molecular complexity index is 770. The number of benzene rings is 2. The van der Waals surface area contributed by atoms with Crippen LogP contribution in [0.5, 0.6) is 0 Å². The Hall–Kier alpha value is -2.06. The van der Waals surface area contributed by atoms with Crippen LogP contribution in [0.3, 0.4) is 0 Å². The van der Waals surface area contributed by atoms with E-state index in [1.807, 2.05) is 12.1 Å². The van der Waals surface area contributed by atoms with Crippen LogP contribution < -0.4 is 5.73 Å². The summed E-state index contributed by atoms with van der Waals surface area (Å²) in [6.07, 6.45) is 0. The van der Waals surface area contributed by atoms with Crippen LogP contribution in [-0.2, 0) is 0 Å². The summed E-state index contributed by atoms with van der Waals surface area (Å²) in [7, 11) is 0. The van der Waals surface area contributed by atoms with E-state index in [2.05, 4.69) is 51.1 Å². The van der Waals surface area contributed by atoms with E-state index in [1.165, 1.54) is 16.7 Å². The highest BCUT2D eigenvalue weighted by molar-refractivity contribution is 5.79. The zero-order valence-corrected chi connectivity index (χ0v) is 12.1. The maximum Gasteiger partial charge on any atom is 0.134 e. The molecular formula is C18H19NO. The highest BCUT2D eigenvalue weighted by atomic mass is 16.3. The van der Waals surface area contributed by atoms with E-state index in [0.29, 0.717) is 0 Å². The highest BCUT2D eigenvalue weighted by Crippen LogP contribution is 2.29. The predicted molar refractivity (Wildman–Crippen MR) is 82.9 cm³/mol. The fourth-order valence-corrected chi connectivity index (χ4v) is 2.66. The molecule has 0 amide bonds. The van der Waals surface area contributed by atoms with E-state index in [0.717, 1.165) is 22.3 Å². The van der Waals surface area contributed by atoms with Gasteiger partial charge in [0.2, 0.25) is 0 Å². The largest absolute Gasteiger partial charge is 0.459 e. The first kappa shape index (κ1) is 12.9. The third-order valence-corrected chi connectivity index (χ3v) is 3.76. The van der Waals surface area contributed by atoms with Crippen LogP contribution in [0.25, 0.3) is 11.0 Å². The van der Waals surface area contributed by atoms with Crippen molar-refractivity contribution in [2.45, 2.75) is 26.8 Å². The zero-order valence-electron chi connectivity index (χ0n) is 12.1. The molecule has 1 unspecified atom stereocenters. The first-order valence-electron chi connectivity index (χ1n) is 6.87. The van der Waals surface area contributed by atoms with Gasteiger partial charge in [0.1, 0.15) is 11.3 Å². The summed E-state index contributed by atoms with van der Waals surface area (Å²) in [4.78, 5) is 0. The van der Waals surface area contributed by atoms with Crippen molar-refractivity contribution in [3.8, 4) is 0 Å². The first-order valence-corrected chi connectivity index (χ1v) is 6.87. The van der Waals surface area contributed by atoms with Crippen molar-refractivity contribution < 1.29 is 4.42 Å². The van der Waals surface area contributed by atoms with Gasteiger partial charge in [0.25, 0.3) is 0 Å². The van der Waals surface area contributed by atoms with E-state index < -0.39 is 0 Å². The third-order valence-electron chi connectivity index (χ3n) is 3.76. The molecule has 1 aromatic heterocycles. The fourth-order valence-electron chi connectivity index (χ4n) is 2.66. The molecule has 0 bridgehead atoms. The number of furan rings is 1. The summed E-state index contributed by atoms with van der Waals surface area (Å²) in [6.45, 7) is 6.26. The molecule has 0 spiro atoms. The Balaban J connectivity index is 2.05. The second-order valence-electron chi connectivity index (χ2n) is 5.53. The molecule has 1 heterocycles. The van der Waals surface area contributed by atoms with Crippen molar-refractivity contribution in [2.75, 3.05) is 0 Å². The van der Waals surface area contributed by atoms with Gasteiger partial charge in [0, 0.05) is 5.39 Å². The van der Waals surface area contributed by atoms with Crippen molar-refractivity contribution in [3.63, 3.8) is 0 Å². The Kier molecular flexibility index (Phi) is 3.11. The average Bonchev–Trinajstić information content (AvgIpc) is 2.81. The van der Waals surface area contributed by atoms with Crippen molar-refractivity contribution in [3.05, 3.63) is 70.5 Å². The van der Waals surface area contributed by atoms with Gasteiger partial charge in [-0.1, -0.05) is 35.4 Å². The Morgan fingerprint density at radius 3 is 2.35 bits per heavy atom. The highest BCUT2D eigenvalue weighted by Gasteiger charge is 2.16. The molecule has 20 heavy (non-hydrogen) atoms. The maximum atomic E-state index is 6.38. The minimum atomic E-state index is -0.219. The standard InChI is InChI=1S/C18H19NO/c1-11-4-6-15(13(3)8-11)18(19)17-10-14-9-12(2)5-7-16(14)20-17/h4-10,18H,19H2,1-3H3. The molecule has 3 aromatic rings. The topological polar surface area (TPSA) is 39.2 Å². The van der Waals surface area contributed by atoms with E-state index in [9.17, 15) is 0 Å². The zero-order chi connectivity index (χ0) is 14.3. The van der Waals surface area contributed by atoms with Crippen LogP contribution in [0.4, 0.5) is 0 Å². The van der Waals surface area contributed by atoms with Crippen LogP contribution in [0.15, 0.2) is 46.9 Å². The molecule has 0 aliphatic heterocycles. The van der Waals surface area contributed by atoms with Crippen LogP contribution in [0.1, 0.15) is 34.1 Å². The van der Waals surface area contributed by atoms with Crippen molar-refractivity contribution in [1.29, 1.82) is 0 Å². The molecule has 2 aromatic carbocycles. The minimum Gasteiger partial charge on any atom is -0.459 e. The molecule has 2 nitrogen and oxygen atoms in total. The van der Waals surface area contributed by atoms with Crippen molar-refractivity contribution in [1.82, 2.24) is 0 Å². The van der Waals surface area contributed by atoms with Gasteiger partial charge in [0.15, 0.2) is 0 Å². The quantitative estimate of drug-likeness (QED) is 0.745. The lowest BCUT2D eigenvalue weighted by Crippen LogP contribution is -2.12. The monoisotopic (exact) mass is 265 g/mol. The fraction of sp³-hybridized carbons (Fsp3) is 0.222. The number of nitrogens with two attached hydrogens (primary N) is 1. The maximum absolute atomic E-state index is 6.38. The molecule has 2 N–H and O–H groups in total. The summed E-state index contributed by atoms with van der Waals surface area (Å²) in [5, 5.41) is 1.11. The normalized spacial score (nSPS) is 12.8. The molecule has 0 radical (unpaired) electrons. The molecule has 2 heteroatoms. The number of aryl methyl sites for hydroxylation is 3. The van der Waals surface area contributed by atoms with Gasteiger partial charge in [-0.15, -0.1) is 0 Å². The summed E-state index contributed by atoms with van der Waals surface area (Å²) in [5.74, 6) is 0.817. The van der Waals surface area contributed by atoms with Gasteiger partial charge in [-0.05, 0) is 50.1 Å². The molecule has 102 valence electrons. The summed E-state index contributed by atoms with van der Waals surface area (Å²) in [5.41, 5.74) is 12.1. The summed E-state index contributed by atoms with van der Waals surface area (Å²) < 4.78 is 5.90. The van der Waals surface area contributed by atoms with Crippen molar-refractivity contribution in [2.24, 2.45) is 5.73 Å². The molecule has 0 saturated heterocycles. The lowest BCUT2D eigenvalue weighted by molar-refractivity contribution is 0.524. The number of hydrogen-bond donors (Lipinski definition) is 1. The van der Waals surface area contributed by atoms with Gasteiger partial charge in [0.05, 0.1) is 6.04 Å². The lowest BCUT2D eigenvalue weighted by Gasteiger charge is -2.12. The average molecular weight is 265 g/mol. The van der Waals surface area contributed by atoms with Crippen LogP contribution >= 0.6 is 0 Å². The van der Waals surface area contributed by atoms with Gasteiger partial charge in [-0.2, -0.15) is 0 Å². The molecule has 3 rings (SSSR count). The summed E-state index contributed by atoms with van der Waals surface area (Å²) >= 11 is 0. The van der Waals surface area contributed by atoms with E-state index in [-0.39, 0.29) is 6.04 Å². The third kappa shape index (κ3) is 2.23. The van der Waals surface area contributed by atoms with E-state index >= 15 is 0 Å². The Morgan fingerprint density at radius 1 is 0.900 bits per heavy atom. The molecule has 0 aliphatic carbocycles. The Morgan fingerprint density at radius 2 is 1.60 bits per heavy atom. The SMILES string of the molecule is Cc1ccc(C(N)c2cc3cc(C)ccc3o2)c(C)c1. The van der Waals surface area contributed by atoms with Gasteiger partial charge >= 0.3 is 0 Å². The molecular weight excluding hydrogens is 246 g/mol. The van der Waals surface area contributed by atoms with Gasteiger partial charge in [-0.25, -0.2) is 0 Å². The summed E-state index contributed by atoms with van der Waals surface area (Å²) in [6, 6.07) is 14.3. The van der Waals surface area contributed by atoms with Crippen molar-refractivity contribution >= 4 is 11.0 Å². The number of rotatable bonds is 2. The van der Waals surface area contributed by atoms with E-state index in [1.54, 1.807) is 0 Å². The van der Waals surface area contributed by atoms with Crippen LogP contribution in [0, 0.1) is 20.8 Å². The Labute approximate surface area is 119 Å². The van der Waals surface area contributed by atoms with Crippen LogP contribution in [0.2, 0.25) is 0 Å².